The van der Waals surface area contributed by atoms with E-state index in [4.69, 9.17) is 9.26 Å². The summed E-state index contributed by atoms with van der Waals surface area (Å²) < 4.78 is 10.6. The Morgan fingerprint density at radius 1 is 1.24 bits per heavy atom. The molecule has 3 aromatic rings. The summed E-state index contributed by atoms with van der Waals surface area (Å²) in [7, 11) is 1.92. The van der Waals surface area contributed by atoms with Gasteiger partial charge in [0.1, 0.15) is 24.2 Å². The van der Waals surface area contributed by atoms with Crippen LogP contribution in [0.3, 0.4) is 0 Å². The third-order valence-electron chi connectivity index (χ3n) is 4.41. The van der Waals surface area contributed by atoms with Gasteiger partial charge in [-0.15, -0.1) is 0 Å². The highest BCUT2D eigenvalue weighted by Gasteiger charge is 2.26. The van der Waals surface area contributed by atoms with Gasteiger partial charge >= 0.3 is 0 Å². The van der Waals surface area contributed by atoms with Crippen molar-refractivity contribution in [2.24, 2.45) is 0 Å². The van der Waals surface area contributed by atoms with E-state index in [1.807, 2.05) is 66.5 Å². The van der Waals surface area contributed by atoms with Gasteiger partial charge in [-0.1, -0.05) is 60.3 Å². The van der Waals surface area contributed by atoms with Crippen LogP contribution in [0.1, 0.15) is 22.9 Å². The summed E-state index contributed by atoms with van der Waals surface area (Å²) in [6.07, 6.45) is 1.71. The molecule has 0 saturated heterocycles. The lowest BCUT2D eigenvalue weighted by Crippen LogP contribution is -2.34. The Labute approximate surface area is 170 Å². The van der Waals surface area contributed by atoms with Crippen LogP contribution in [0.4, 0.5) is 5.82 Å². The number of nitrogens with zero attached hydrogens (tertiary/aromatic N) is 2. The average molecular weight is 391 g/mol. The van der Waals surface area contributed by atoms with Gasteiger partial charge in [-0.05, 0) is 37.2 Å². The van der Waals surface area contributed by atoms with E-state index in [0.717, 1.165) is 16.9 Å². The topological polar surface area (TPSA) is 67.6 Å². The van der Waals surface area contributed by atoms with Gasteiger partial charge in [0.15, 0.2) is 5.82 Å². The molecule has 6 nitrogen and oxygen atoms in total. The van der Waals surface area contributed by atoms with E-state index in [-0.39, 0.29) is 5.91 Å². The fourth-order valence-electron chi connectivity index (χ4n) is 3.09. The van der Waals surface area contributed by atoms with Gasteiger partial charge in [0.05, 0.1) is 0 Å². The second-order valence-electron chi connectivity index (χ2n) is 6.78. The van der Waals surface area contributed by atoms with Crippen LogP contribution < -0.4 is 10.1 Å². The maximum absolute atomic E-state index is 13.1. The number of carbonyl (C=O) groups is 1. The molecule has 1 amide bonds. The molecule has 29 heavy (non-hydrogen) atoms. The molecule has 0 bridgehead atoms. The Balaban J connectivity index is 1.76. The average Bonchev–Trinajstić information content (AvgIpc) is 3.13. The predicted molar refractivity (Wildman–Crippen MR) is 113 cm³/mol. The molecule has 0 aliphatic heterocycles. The lowest BCUT2D eigenvalue weighted by atomic mass is 10.0. The summed E-state index contributed by atoms with van der Waals surface area (Å²) in [5, 5.41) is 6.71. The molecule has 0 fully saturated rings. The van der Waals surface area contributed by atoms with Crippen molar-refractivity contribution in [2.45, 2.75) is 19.5 Å². The molecule has 3 rings (SSSR count). The number of likely N-dealkylation sites (N-methyl/N-ethyl adjacent to an activating group) is 1. The standard InChI is InChI=1S/C23H25N3O3/c1-4-14-28-20-12-10-18(11-13-20)16-26(3)22(19-8-6-5-7-9-19)23(27)24-21-15-17(2)29-25-21/h4-13,15,22H,1,14,16H2,2-3H3,(H,24,25,27). The monoisotopic (exact) mass is 391 g/mol. The SMILES string of the molecule is C=CCOc1ccc(CN(C)C(C(=O)Nc2cc(C)on2)c2ccccc2)cc1. The van der Waals surface area contributed by atoms with Crippen LogP contribution >= 0.6 is 0 Å². The van der Waals surface area contributed by atoms with Crippen molar-refractivity contribution in [3.63, 3.8) is 0 Å². The van der Waals surface area contributed by atoms with Crippen LogP contribution in [0.25, 0.3) is 0 Å². The fraction of sp³-hybridized carbons (Fsp3) is 0.217. The number of carbonyl (C=O) groups excluding carboxylic acids is 1. The van der Waals surface area contributed by atoms with Crippen LogP contribution in [0.5, 0.6) is 5.75 Å². The van der Waals surface area contributed by atoms with Crippen molar-refractivity contribution in [2.75, 3.05) is 19.0 Å². The molecule has 1 N–H and O–H groups in total. The number of ether oxygens (including phenoxy) is 1. The third-order valence-corrected chi connectivity index (χ3v) is 4.41. The number of hydrogen-bond acceptors (Lipinski definition) is 5. The van der Waals surface area contributed by atoms with Gasteiger partial charge in [-0.3, -0.25) is 9.69 Å². The van der Waals surface area contributed by atoms with E-state index in [1.54, 1.807) is 19.1 Å². The second-order valence-corrected chi connectivity index (χ2v) is 6.78. The third kappa shape index (κ3) is 5.56. The lowest BCUT2D eigenvalue weighted by Gasteiger charge is -2.27. The van der Waals surface area contributed by atoms with Crippen molar-refractivity contribution in [3.05, 3.63) is 90.2 Å². The van der Waals surface area contributed by atoms with E-state index >= 15 is 0 Å². The number of benzene rings is 2. The Hall–Kier alpha value is -3.38. The number of hydrogen-bond donors (Lipinski definition) is 1. The minimum atomic E-state index is -0.482. The highest BCUT2D eigenvalue weighted by Crippen LogP contribution is 2.24. The molecule has 0 aliphatic carbocycles. The predicted octanol–water partition coefficient (Wildman–Crippen LogP) is 4.36. The minimum absolute atomic E-state index is 0.169. The van der Waals surface area contributed by atoms with Gasteiger partial charge in [0.2, 0.25) is 5.91 Å². The molecule has 1 atom stereocenters. The van der Waals surface area contributed by atoms with Crippen molar-refractivity contribution >= 4 is 11.7 Å². The molecule has 0 radical (unpaired) electrons. The van der Waals surface area contributed by atoms with Crippen molar-refractivity contribution in [3.8, 4) is 5.75 Å². The van der Waals surface area contributed by atoms with Gasteiger partial charge in [-0.25, -0.2) is 0 Å². The van der Waals surface area contributed by atoms with Crippen LogP contribution in [-0.2, 0) is 11.3 Å². The summed E-state index contributed by atoms with van der Waals surface area (Å²) >= 11 is 0. The van der Waals surface area contributed by atoms with Crippen LogP contribution in [0, 0.1) is 6.92 Å². The number of anilines is 1. The Morgan fingerprint density at radius 3 is 2.59 bits per heavy atom. The summed E-state index contributed by atoms with van der Waals surface area (Å²) in [5.74, 6) is 1.67. The number of amides is 1. The molecule has 2 aromatic carbocycles. The first kappa shape index (κ1) is 20.4. The normalized spacial score (nSPS) is 11.8. The maximum atomic E-state index is 13.1. The van der Waals surface area contributed by atoms with E-state index in [1.165, 1.54) is 0 Å². The number of rotatable bonds is 9. The maximum Gasteiger partial charge on any atom is 0.247 e. The molecule has 0 spiro atoms. The Bertz CT molecular complexity index is 936. The molecule has 1 aromatic heterocycles. The molecular weight excluding hydrogens is 366 g/mol. The van der Waals surface area contributed by atoms with Crippen LogP contribution in [0.2, 0.25) is 0 Å². The highest BCUT2D eigenvalue weighted by atomic mass is 16.5. The molecule has 0 saturated carbocycles. The Kier molecular flexibility index (Phi) is 6.81. The number of aromatic nitrogens is 1. The second kappa shape index (κ2) is 9.71. The highest BCUT2D eigenvalue weighted by molar-refractivity contribution is 5.94. The summed E-state index contributed by atoms with van der Waals surface area (Å²) in [6.45, 7) is 6.49. The molecule has 0 aliphatic rings. The summed E-state index contributed by atoms with van der Waals surface area (Å²) in [5.41, 5.74) is 1.98. The van der Waals surface area contributed by atoms with Gasteiger partial charge in [0, 0.05) is 12.6 Å². The van der Waals surface area contributed by atoms with E-state index in [9.17, 15) is 4.79 Å². The smallest absolute Gasteiger partial charge is 0.247 e. The molecule has 1 unspecified atom stereocenters. The van der Waals surface area contributed by atoms with Gasteiger partial charge in [0.25, 0.3) is 0 Å². The quantitative estimate of drug-likeness (QED) is 0.549. The van der Waals surface area contributed by atoms with E-state index < -0.39 is 6.04 Å². The first-order valence-electron chi connectivity index (χ1n) is 9.39. The fourth-order valence-corrected chi connectivity index (χ4v) is 3.09. The minimum Gasteiger partial charge on any atom is -0.490 e. The Morgan fingerprint density at radius 2 is 1.97 bits per heavy atom. The molecule has 1 heterocycles. The van der Waals surface area contributed by atoms with Crippen LogP contribution in [0.15, 0.2) is 77.8 Å². The zero-order valence-corrected chi connectivity index (χ0v) is 16.7. The first-order valence-corrected chi connectivity index (χ1v) is 9.39. The molecular formula is C23H25N3O3. The lowest BCUT2D eigenvalue weighted by molar-refractivity contribution is -0.121. The summed E-state index contributed by atoms with van der Waals surface area (Å²) in [6, 6.07) is 18.7. The first-order chi connectivity index (χ1) is 14.1. The number of nitrogens with one attached hydrogen (secondary N) is 1. The molecule has 150 valence electrons. The van der Waals surface area contributed by atoms with E-state index in [2.05, 4.69) is 17.1 Å². The van der Waals surface area contributed by atoms with E-state index in [0.29, 0.717) is 24.7 Å². The van der Waals surface area contributed by atoms with Crippen LogP contribution in [-0.4, -0.2) is 29.6 Å². The zero-order valence-electron chi connectivity index (χ0n) is 16.7. The zero-order chi connectivity index (χ0) is 20.6. The summed E-state index contributed by atoms with van der Waals surface area (Å²) in [4.78, 5) is 15.1. The largest absolute Gasteiger partial charge is 0.490 e. The van der Waals surface area contributed by atoms with Crippen molar-refractivity contribution < 1.29 is 14.1 Å². The molecule has 6 heteroatoms. The van der Waals surface area contributed by atoms with Gasteiger partial charge < -0.3 is 14.6 Å². The number of aryl methyl sites for hydroxylation is 1. The van der Waals surface area contributed by atoms with Crippen molar-refractivity contribution in [1.29, 1.82) is 0 Å². The van der Waals surface area contributed by atoms with Crippen molar-refractivity contribution in [1.82, 2.24) is 10.1 Å². The van der Waals surface area contributed by atoms with Gasteiger partial charge in [-0.2, -0.15) is 0 Å².